The van der Waals surface area contributed by atoms with E-state index in [9.17, 15) is 13.2 Å². The molecule has 2 aliphatic rings. The van der Waals surface area contributed by atoms with Gasteiger partial charge in [0.25, 0.3) is 0 Å². The molecule has 136 valence electrons. The molecule has 1 atom stereocenters. The molecule has 5 nitrogen and oxygen atoms in total. The first kappa shape index (κ1) is 18.7. The maximum atomic E-state index is 12.9. The number of halogens is 2. The first-order valence-electron chi connectivity index (χ1n) is 8.29. The van der Waals surface area contributed by atoms with Gasteiger partial charge in [-0.05, 0) is 31.4 Å². The Hall–Kier alpha value is -1.08. The van der Waals surface area contributed by atoms with Crippen molar-refractivity contribution < 1.29 is 13.2 Å². The third-order valence-electron chi connectivity index (χ3n) is 4.69. The van der Waals surface area contributed by atoms with Crippen LogP contribution in [0.4, 0.5) is 0 Å². The molecule has 1 aromatic rings. The van der Waals surface area contributed by atoms with Crippen LogP contribution in [0.1, 0.15) is 19.3 Å². The summed E-state index contributed by atoms with van der Waals surface area (Å²) in [6.45, 7) is 1.27. The second kappa shape index (κ2) is 7.66. The summed E-state index contributed by atoms with van der Waals surface area (Å²) in [5, 5.41) is 0.222. The van der Waals surface area contributed by atoms with Crippen molar-refractivity contribution in [3.63, 3.8) is 0 Å². The monoisotopic (exact) mass is 402 g/mol. The predicted molar refractivity (Wildman–Crippen MR) is 98.3 cm³/mol. The first-order valence-corrected chi connectivity index (χ1v) is 10.5. The normalized spacial score (nSPS) is 22.2. The Bertz CT molecular complexity index is 767. The molecular weight excluding hydrogens is 383 g/mol. The van der Waals surface area contributed by atoms with Gasteiger partial charge in [-0.15, -0.1) is 0 Å². The van der Waals surface area contributed by atoms with Crippen molar-refractivity contribution in [2.75, 3.05) is 26.2 Å². The SMILES string of the molecule is O=C(C1CC=CCC1)N1CCN(S(=O)(=O)c2c(Cl)cccc2Cl)CC1. The number of sulfonamides is 1. The van der Waals surface area contributed by atoms with Crippen molar-refractivity contribution in [2.24, 2.45) is 5.92 Å². The maximum absolute atomic E-state index is 12.9. The van der Waals surface area contributed by atoms with Gasteiger partial charge in [0.2, 0.25) is 15.9 Å². The number of hydrogen-bond acceptors (Lipinski definition) is 3. The number of piperazine rings is 1. The van der Waals surface area contributed by atoms with Crippen LogP contribution in [0.2, 0.25) is 10.0 Å². The number of carbonyl (C=O) groups is 1. The number of benzene rings is 1. The fraction of sp³-hybridized carbons (Fsp3) is 0.471. The van der Waals surface area contributed by atoms with Gasteiger partial charge in [0.05, 0.1) is 10.0 Å². The molecule has 0 saturated carbocycles. The van der Waals surface area contributed by atoms with Gasteiger partial charge >= 0.3 is 0 Å². The molecule has 1 saturated heterocycles. The Balaban J connectivity index is 1.69. The molecule has 0 spiro atoms. The zero-order chi connectivity index (χ0) is 18.0. The van der Waals surface area contributed by atoms with Crippen LogP contribution in [-0.2, 0) is 14.8 Å². The average Bonchev–Trinajstić information content (AvgIpc) is 2.61. The summed E-state index contributed by atoms with van der Waals surface area (Å²) in [4.78, 5) is 14.3. The molecule has 1 heterocycles. The van der Waals surface area contributed by atoms with Gasteiger partial charge in [-0.2, -0.15) is 4.31 Å². The highest BCUT2D eigenvalue weighted by molar-refractivity contribution is 7.89. The lowest BCUT2D eigenvalue weighted by Crippen LogP contribution is -2.52. The average molecular weight is 403 g/mol. The van der Waals surface area contributed by atoms with Gasteiger partial charge in [0.1, 0.15) is 4.90 Å². The molecular formula is C17H20Cl2N2O3S. The zero-order valence-corrected chi connectivity index (χ0v) is 16.0. The van der Waals surface area contributed by atoms with Gasteiger partial charge in [-0.1, -0.05) is 41.4 Å². The van der Waals surface area contributed by atoms with Crippen LogP contribution in [0.25, 0.3) is 0 Å². The van der Waals surface area contributed by atoms with Crippen LogP contribution in [0.3, 0.4) is 0 Å². The Labute approximate surface area is 158 Å². The second-order valence-electron chi connectivity index (χ2n) is 6.26. The molecule has 0 radical (unpaired) electrons. The summed E-state index contributed by atoms with van der Waals surface area (Å²) < 4.78 is 27.1. The van der Waals surface area contributed by atoms with E-state index >= 15 is 0 Å². The van der Waals surface area contributed by atoms with Crippen molar-refractivity contribution in [1.29, 1.82) is 0 Å². The van der Waals surface area contributed by atoms with E-state index in [1.54, 1.807) is 11.0 Å². The molecule has 0 N–H and O–H groups in total. The minimum atomic E-state index is -3.78. The van der Waals surface area contributed by atoms with Crippen molar-refractivity contribution >= 4 is 39.1 Å². The van der Waals surface area contributed by atoms with Crippen molar-refractivity contribution in [3.05, 3.63) is 40.4 Å². The highest BCUT2D eigenvalue weighted by atomic mass is 35.5. The lowest BCUT2D eigenvalue weighted by molar-refractivity contribution is -0.137. The molecule has 1 unspecified atom stereocenters. The van der Waals surface area contributed by atoms with Gasteiger partial charge < -0.3 is 4.90 Å². The molecule has 3 rings (SSSR count). The number of rotatable bonds is 3. The van der Waals surface area contributed by atoms with Gasteiger partial charge in [-0.3, -0.25) is 4.79 Å². The van der Waals surface area contributed by atoms with Crippen LogP contribution < -0.4 is 0 Å². The standard InChI is InChI=1S/C17H20Cl2N2O3S/c18-14-7-4-8-15(19)16(14)25(23,24)21-11-9-20(10-12-21)17(22)13-5-2-1-3-6-13/h1-2,4,7-8,13H,3,5-6,9-12H2. The van der Waals surface area contributed by atoms with Crippen LogP contribution in [0.15, 0.2) is 35.2 Å². The van der Waals surface area contributed by atoms with Crippen molar-refractivity contribution in [2.45, 2.75) is 24.2 Å². The lowest BCUT2D eigenvalue weighted by atomic mass is 9.93. The van der Waals surface area contributed by atoms with Crippen LogP contribution in [0, 0.1) is 5.92 Å². The number of amides is 1. The largest absolute Gasteiger partial charge is 0.340 e. The van der Waals surface area contributed by atoms with Gasteiger partial charge in [0, 0.05) is 32.1 Å². The molecule has 0 aromatic heterocycles. The number of allylic oxidation sites excluding steroid dienone is 2. The summed E-state index contributed by atoms with van der Waals surface area (Å²) >= 11 is 12.1. The molecule has 1 amide bonds. The topological polar surface area (TPSA) is 57.7 Å². The summed E-state index contributed by atoms with van der Waals surface area (Å²) in [6, 6.07) is 4.63. The quantitative estimate of drug-likeness (QED) is 0.729. The predicted octanol–water partition coefficient (Wildman–Crippen LogP) is 3.18. The van der Waals surface area contributed by atoms with Crippen molar-refractivity contribution in [3.8, 4) is 0 Å². The lowest BCUT2D eigenvalue weighted by Gasteiger charge is -2.36. The minimum absolute atomic E-state index is 0.0196. The molecule has 1 fully saturated rings. The Morgan fingerprint density at radius 3 is 2.24 bits per heavy atom. The smallest absolute Gasteiger partial charge is 0.246 e. The maximum Gasteiger partial charge on any atom is 0.246 e. The molecule has 1 aliphatic carbocycles. The van der Waals surface area contributed by atoms with E-state index in [0.29, 0.717) is 13.1 Å². The minimum Gasteiger partial charge on any atom is -0.340 e. The van der Waals surface area contributed by atoms with Crippen LogP contribution >= 0.6 is 23.2 Å². The first-order chi connectivity index (χ1) is 11.9. The Morgan fingerprint density at radius 2 is 1.68 bits per heavy atom. The van der Waals surface area contributed by atoms with Crippen LogP contribution in [0.5, 0.6) is 0 Å². The second-order valence-corrected chi connectivity index (χ2v) is 8.95. The van der Waals surface area contributed by atoms with E-state index in [-0.39, 0.29) is 39.9 Å². The zero-order valence-electron chi connectivity index (χ0n) is 13.7. The Morgan fingerprint density at radius 1 is 1.04 bits per heavy atom. The summed E-state index contributed by atoms with van der Waals surface area (Å²) in [6.07, 6.45) is 6.71. The third-order valence-corrected chi connectivity index (χ3v) is 7.54. The highest BCUT2D eigenvalue weighted by Gasteiger charge is 2.34. The summed E-state index contributed by atoms with van der Waals surface area (Å²) in [7, 11) is -3.78. The third kappa shape index (κ3) is 3.87. The summed E-state index contributed by atoms with van der Waals surface area (Å²) in [5.41, 5.74) is 0. The van der Waals surface area contributed by atoms with Gasteiger partial charge in [0.15, 0.2) is 0 Å². The number of hydrogen-bond donors (Lipinski definition) is 0. The van der Waals surface area contributed by atoms with E-state index in [2.05, 4.69) is 6.08 Å². The molecule has 0 bridgehead atoms. The number of nitrogens with zero attached hydrogens (tertiary/aromatic N) is 2. The molecule has 1 aromatic carbocycles. The fourth-order valence-corrected chi connectivity index (χ4v) is 5.80. The Kier molecular flexibility index (Phi) is 5.73. The van der Waals surface area contributed by atoms with Gasteiger partial charge in [-0.25, -0.2) is 8.42 Å². The highest BCUT2D eigenvalue weighted by Crippen LogP contribution is 2.32. The van der Waals surface area contributed by atoms with Crippen molar-refractivity contribution in [1.82, 2.24) is 9.21 Å². The van der Waals surface area contributed by atoms with Crippen LogP contribution in [-0.4, -0.2) is 49.7 Å². The molecule has 1 aliphatic heterocycles. The molecule has 8 heteroatoms. The fourth-order valence-electron chi connectivity index (χ4n) is 3.28. The van der Waals surface area contributed by atoms with E-state index in [1.165, 1.54) is 16.4 Å². The van der Waals surface area contributed by atoms with E-state index in [4.69, 9.17) is 23.2 Å². The van der Waals surface area contributed by atoms with E-state index < -0.39 is 10.0 Å². The van der Waals surface area contributed by atoms with E-state index in [0.717, 1.165) is 19.3 Å². The number of carbonyl (C=O) groups excluding carboxylic acids is 1. The van der Waals surface area contributed by atoms with E-state index in [1.807, 2.05) is 6.08 Å². The summed E-state index contributed by atoms with van der Waals surface area (Å²) in [5.74, 6) is 0.142. The molecule has 25 heavy (non-hydrogen) atoms.